The Morgan fingerprint density at radius 3 is 2.00 bits per heavy atom. The average Bonchev–Trinajstić information content (AvgIpc) is 3.09. The van der Waals surface area contributed by atoms with Gasteiger partial charge in [-0.05, 0) is 41.5 Å². The van der Waals surface area contributed by atoms with E-state index in [0.717, 1.165) is 22.3 Å². The van der Waals surface area contributed by atoms with E-state index in [1.807, 2.05) is 91.9 Å². The zero-order valence-electron chi connectivity index (χ0n) is 21.6. The van der Waals surface area contributed by atoms with E-state index in [9.17, 15) is 9.59 Å². The Balaban J connectivity index is 1.34. The lowest BCUT2D eigenvalue weighted by molar-refractivity contribution is -0.131. The highest BCUT2D eigenvalue weighted by Crippen LogP contribution is 2.29. The highest BCUT2D eigenvalue weighted by Gasteiger charge is 2.43. The Morgan fingerprint density at radius 2 is 1.46 bits per heavy atom. The van der Waals surface area contributed by atoms with Crippen LogP contribution in [0.15, 0.2) is 89.9 Å². The molecule has 3 amide bonds. The number of rotatable bonds is 9. The van der Waals surface area contributed by atoms with Gasteiger partial charge in [-0.3, -0.25) is 9.69 Å². The lowest BCUT2D eigenvalue weighted by atomic mass is 9.91. The average molecular weight is 498 g/mol. The first-order chi connectivity index (χ1) is 17.7. The second-order valence-corrected chi connectivity index (χ2v) is 10.1. The van der Waals surface area contributed by atoms with Gasteiger partial charge in [0.2, 0.25) is 0 Å². The number of carbonyl (C=O) groups is 2. The maximum atomic E-state index is 13.0. The van der Waals surface area contributed by atoms with Crippen LogP contribution in [-0.2, 0) is 17.9 Å². The molecule has 0 bridgehead atoms. The fourth-order valence-corrected chi connectivity index (χ4v) is 4.80. The fraction of sp³-hybridized carbons (Fsp3) is 0.300. The molecule has 4 rings (SSSR count). The number of nitrogens with zero attached hydrogens (tertiary/aromatic N) is 2. The van der Waals surface area contributed by atoms with Gasteiger partial charge >= 0.3 is 6.03 Å². The molecule has 0 fully saturated rings. The second-order valence-electron chi connectivity index (χ2n) is 10.1. The molecule has 0 spiro atoms. The number of nitrogens with one attached hydrogen (secondary N) is 2. The molecule has 0 aromatic heterocycles. The quantitative estimate of drug-likeness (QED) is 0.398. The summed E-state index contributed by atoms with van der Waals surface area (Å²) in [6, 6.07) is 27.1. The molecule has 1 atom stereocenters. The van der Waals surface area contributed by atoms with Crippen molar-refractivity contribution >= 4 is 17.9 Å². The summed E-state index contributed by atoms with van der Waals surface area (Å²) in [6.45, 7) is 6.74. The van der Waals surface area contributed by atoms with Gasteiger partial charge in [0.1, 0.15) is 5.54 Å². The fourth-order valence-electron chi connectivity index (χ4n) is 4.80. The van der Waals surface area contributed by atoms with Gasteiger partial charge in [-0.15, -0.1) is 0 Å². The maximum absolute atomic E-state index is 13.0. The predicted octanol–water partition coefficient (Wildman–Crippen LogP) is 4.74. The third-order valence-corrected chi connectivity index (χ3v) is 6.51. The van der Waals surface area contributed by atoms with Crippen molar-refractivity contribution in [3.05, 3.63) is 107 Å². The van der Waals surface area contributed by atoms with Crippen molar-refractivity contribution in [1.82, 2.24) is 15.5 Å². The standard InChI is InChI=1S/C30H35N5O2/c1-21(2)18-30(3)27(36)35(28(31)34-30)20-23-16-14-22(15-17-23)19-32-29(37)33-26(24-10-6-4-7-11-24)25-12-8-5-9-13-25/h4-17,21,26H,18-20H2,1-3H3,(H2,31,34)(H2,32,33,37). The minimum Gasteiger partial charge on any atom is -0.369 e. The highest BCUT2D eigenvalue weighted by molar-refractivity contribution is 6.06. The number of urea groups is 1. The summed E-state index contributed by atoms with van der Waals surface area (Å²) >= 11 is 0. The minimum absolute atomic E-state index is 0.0625. The number of nitrogens with two attached hydrogens (primary N) is 1. The molecule has 1 aliphatic rings. The predicted molar refractivity (Wildman–Crippen MR) is 147 cm³/mol. The smallest absolute Gasteiger partial charge is 0.315 e. The third-order valence-electron chi connectivity index (χ3n) is 6.51. The number of aliphatic imine (C=N–C) groups is 1. The van der Waals surface area contributed by atoms with Crippen LogP contribution in [0.2, 0.25) is 0 Å². The molecule has 0 aliphatic carbocycles. The Kier molecular flexibility index (Phi) is 7.92. The minimum atomic E-state index is -0.799. The number of benzene rings is 3. The van der Waals surface area contributed by atoms with E-state index in [-0.39, 0.29) is 23.9 Å². The van der Waals surface area contributed by atoms with Gasteiger partial charge < -0.3 is 16.4 Å². The first-order valence-corrected chi connectivity index (χ1v) is 12.6. The van der Waals surface area contributed by atoms with Crippen LogP contribution in [0.5, 0.6) is 0 Å². The van der Waals surface area contributed by atoms with Crippen molar-refractivity contribution in [2.45, 2.75) is 51.9 Å². The molecule has 7 nitrogen and oxygen atoms in total. The largest absolute Gasteiger partial charge is 0.369 e. The van der Waals surface area contributed by atoms with E-state index in [4.69, 9.17) is 5.73 Å². The van der Waals surface area contributed by atoms with Gasteiger partial charge in [-0.1, -0.05) is 98.8 Å². The van der Waals surface area contributed by atoms with Crippen molar-refractivity contribution in [1.29, 1.82) is 0 Å². The van der Waals surface area contributed by atoms with Crippen LogP contribution < -0.4 is 16.4 Å². The lowest BCUT2D eigenvalue weighted by Crippen LogP contribution is -2.43. The molecule has 1 heterocycles. The molecule has 3 aromatic rings. The number of hydrogen-bond acceptors (Lipinski definition) is 4. The molecule has 0 saturated carbocycles. The molecule has 0 saturated heterocycles. The molecule has 192 valence electrons. The number of carbonyl (C=O) groups excluding carboxylic acids is 2. The number of hydrogen-bond donors (Lipinski definition) is 3. The topological polar surface area (TPSA) is 99.8 Å². The molecule has 1 unspecified atom stereocenters. The van der Waals surface area contributed by atoms with E-state index in [1.54, 1.807) is 4.90 Å². The number of guanidine groups is 1. The number of amides is 3. The van der Waals surface area contributed by atoms with Gasteiger partial charge in [0, 0.05) is 6.54 Å². The van der Waals surface area contributed by atoms with Gasteiger partial charge in [0.05, 0.1) is 12.6 Å². The summed E-state index contributed by atoms with van der Waals surface area (Å²) in [4.78, 5) is 31.8. The van der Waals surface area contributed by atoms with E-state index >= 15 is 0 Å². The van der Waals surface area contributed by atoms with E-state index in [0.29, 0.717) is 25.4 Å². The van der Waals surface area contributed by atoms with Gasteiger partial charge in [0.15, 0.2) is 5.96 Å². The maximum Gasteiger partial charge on any atom is 0.315 e. The Labute approximate surface area is 218 Å². The Bertz CT molecular complexity index is 1200. The van der Waals surface area contributed by atoms with Gasteiger partial charge in [-0.25, -0.2) is 9.79 Å². The van der Waals surface area contributed by atoms with Gasteiger partial charge in [0.25, 0.3) is 5.91 Å². The van der Waals surface area contributed by atoms with Gasteiger partial charge in [-0.2, -0.15) is 0 Å². The van der Waals surface area contributed by atoms with Crippen LogP contribution in [0.25, 0.3) is 0 Å². The summed E-state index contributed by atoms with van der Waals surface area (Å²) in [7, 11) is 0. The Hall–Kier alpha value is -4.13. The summed E-state index contributed by atoms with van der Waals surface area (Å²) in [5, 5.41) is 6.04. The van der Waals surface area contributed by atoms with Crippen molar-refractivity contribution in [3.63, 3.8) is 0 Å². The van der Waals surface area contributed by atoms with Crippen LogP contribution in [0.1, 0.15) is 55.5 Å². The van der Waals surface area contributed by atoms with Crippen LogP contribution in [-0.4, -0.2) is 28.3 Å². The van der Waals surface area contributed by atoms with Crippen LogP contribution in [0, 0.1) is 5.92 Å². The van der Waals surface area contributed by atoms with E-state index < -0.39 is 5.54 Å². The summed E-state index contributed by atoms with van der Waals surface area (Å²) in [5.41, 5.74) is 9.23. The molecule has 4 N–H and O–H groups in total. The lowest BCUT2D eigenvalue weighted by Gasteiger charge is -2.23. The van der Waals surface area contributed by atoms with Crippen LogP contribution >= 0.6 is 0 Å². The summed E-state index contributed by atoms with van der Waals surface area (Å²) in [6.07, 6.45) is 0.658. The summed E-state index contributed by atoms with van der Waals surface area (Å²) < 4.78 is 0. The molecular formula is C30H35N5O2. The van der Waals surface area contributed by atoms with Crippen molar-refractivity contribution in [2.24, 2.45) is 16.6 Å². The normalized spacial score (nSPS) is 17.3. The second kappa shape index (κ2) is 11.3. The molecule has 1 aliphatic heterocycles. The molecule has 3 aromatic carbocycles. The SMILES string of the molecule is CC(C)CC1(C)N=C(N)N(Cc2ccc(CNC(=O)NC(c3ccccc3)c3ccccc3)cc2)C1=O. The third kappa shape index (κ3) is 6.36. The first kappa shape index (κ1) is 25.9. The zero-order valence-corrected chi connectivity index (χ0v) is 21.6. The first-order valence-electron chi connectivity index (χ1n) is 12.6. The van der Waals surface area contributed by atoms with Crippen molar-refractivity contribution < 1.29 is 9.59 Å². The zero-order chi connectivity index (χ0) is 26.4. The summed E-state index contributed by atoms with van der Waals surface area (Å²) in [5.74, 6) is 0.541. The van der Waals surface area contributed by atoms with Crippen molar-refractivity contribution in [3.8, 4) is 0 Å². The molecule has 37 heavy (non-hydrogen) atoms. The molecule has 7 heteroatoms. The van der Waals surface area contributed by atoms with Crippen molar-refractivity contribution in [2.75, 3.05) is 0 Å². The van der Waals surface area contributed by atoms with E-state index in [1.165, 1.54) is 0 Å². The highest BCUT2D eigenvalue weighted by atomic mass is 16.2. The molecule has 0 radical (unpaired) electrons. The van der Waals surface area contributed by atoms with Crippen LogP contribution in [0.4, 0.5) is 4.79 Å². The Morgan fingerprint density at radius 1 is 0.919 bits per heavy atom. The molecular weight excluding hydrogens is 462 g/mol. The monoisotopic (exact) mass is 497 g/mol. The van der Waals surface area contributed by atoms with E-state index in [2.05, 4.69) is 29.5 Å². The van der Waals surface area contributed by atoms with Crippen LogP contribution in [0.3, 0.4) is 0 Å².